The van der Waals surface area contributed by atoms with Crippen LogP contribution in [0.1, 0.15) is 30.5 Å². The molecule has 1 atom stereocenters. The number of methoxy groups -OCH3 is 2. The van der Waals surface area contributed by atoms with Crippen LogP contribution in [0.25, 0.3) is 0 Å². The van der Waals surface area contributed by atoms with Crippen LogP contribution in [0.15, 0.2) is 47.6 Å². The Morgan fingerprint density at radius 3 is 2.32 bits per heavy atom. The lowest BCUT2D eigenvalue weighted by molar-refractivity contribution is 0.339. The van der Waals surface area contributed by atoms with Crippen LogP contribution < -0.4 is 14.2 Å². The summed E-state index contributed by atoms with van der Waals surface area (Å²) in [6.45, 7) is 2.49. The van der Waals surface area contributed by atoms with E-state index in [4.69, 9.17) is 14.2 Å². The molecule has 0 saturated carbocycles. The van der Waals surface area contributed by atoms with Crippen molar-refractivity contribution in [2.24, 2.45) is 5.10 Å². The molecular formula is C20H24N2O5S. The minimum atomic E-state index is -3.54. The first kappa shape index (κ1) is 20.0. The van der Waals surface area contributed by atoms with Gasteiger partial charge in [-0.25, -0.2) is 8.42 Å². The summed E-state index contributed by atoms with van der Waals surface area (Å²) in [7, 11) is -0.405. The van der Waals surface area contributed by atoms with Crippen molar-refractivity contribution >= 4 is 15.7 Å². The third-order valence-corrected chi connectivity index (χ3v) is 5.52. The summed E-state index contributed by atoms with van der Waals surface area (Å²) in [6.07, 6.45) is 1.59. The summed E-state index contributed by atoms with van der Waals surface area (Å²) in [5, 5.41) is 4.42. The Labute approximate surface area is 165 Å². The van der Waals surface area contributed by atoms with Crippen LogP contribution in [-0.4, -0.2) is 45.6 Å². The van der Waals surface area contributed by atoms with E-state index in [1.807, 2.05) is 37.3 Å². The molecule has 1 heterocycles. The number of hydrazone groups is 1. The van der Waals surface area contributed by atoms with Crippen molar-refractivity contribution in [1.29, 1.82) is 0 Å². The van der Waals surface area contributed by atoms with Crippen LogP contribution >= 0.6 is 0 Å². The van der Waals surface area contributed by atoms with Crippen LogP contribution in [0.3, 0.4) is 0 Å². The Kier molecular flexibility index (Phi) is 5.79. The second-order valence-corrected chi connectivity index (χ2v) is 8.21. The lowest BCUT2D eigenvalue weighted by Gasteiger charge is -2.21. The highest BCUT2D eigenvalue weighted by atomic mass is 32.2. The van der Waals surface area contributed by atoms with Crippen molar-refractivity contribution in [2.75, 3.05) is 27.1 Å². The zero-order valence-electron chi connectivity index (χ0n) is 16.4. The average Bonchev–Trinajstić information content (AvgIpc) is 3.14. The molecule has 0 spiro atoms. The standard InChI is InChI=1S/C20H24N2O5S/c1-5-27-15-8-6-14(7-9-15)19-13-18(21-22(19)28(4,23)24)17-11-10-16(25-2)12-20(17)26-3/h6-12,19H,5,13H2,1-4H3/t19-/m0/s1. The van der Waals surface area contributed by atoms with Gasteiger partial charge in [0.2, 0.25) is 10.0 Å². The van der Waals surface area contributed by atoms with Crippen LogP contribution in [0, 0.1) is 0 Å². The van der Waals surface area contributed by atoms with Gasteiger partial charge in [-0.2, -0.15) is 9.52 Å². The molecule has 150 valence electrons. The first-order valence-corrected chi connectivity index (χ1v) is 10.7. The molecule has 2 aromatic carbocycles. The van der Waals surface area contributed by atoms with Gasteiger partial charge in [-0.05, 0) is 36.8 Å². The largest absolute Gasteiger partial charge is 0.497 e. The SMILES string of the molecule is CCOc1ccc([C@@H]2CC(c3ccc(OC)cc3OC)=NN2S(C)(=O)=O)cc1. The van der Waals surface area contributed by atoms with Crippen molar-refractivity contribution in [3.63, 3.8) is 0 Å². The van der Waals surface area contributed by atoms with Crippen molar-refractivity contribution in [3.8, 4) is 17.2 Å². The van der Waals surface area contributed by atoms with Crippen molar-refractivity contribution < 1.29 is 22.6 Å². The molecule has 8 heteroatoms. The third-order valence-electron chi connectivity index (χ3n) is 4.51. The van der Waals surface area contributed by atoms with Crippen LogP contribution in [0.5, 0.6) is 17.2 Å². The molecule has 0 saturated heterocycles. The lowest BCUT2D eigenvalue weighted by atomic mass is 9.98. The predicted molar refractivity (Wildman–Crippen MR) is 108 cm³/mol. The molecule has 0 unspecified atom stereocenters. The van der Waals surface area contributed by atoms with E-state index in [2.05, 4.69) is 5.10 Å². The fraction of sp³-hybridized carbons (Fsp3) is 0.350. The second-order valence-electron chi connectivity index (χ2n) is 6.37. The van der Waals surface area contributed by atoms with Gasteiger partial charge < -0.3 is 14.2 Å². The summed E-state index contributed by atoms with van der Waals surface area (Å²) < 4.78 is 42.1. The van der Waals surface area contributed by atoms with Crippen LogP contribution in [0.2, 0.25) is 0 Å². The van der Waals surface area contributed by atoms with E-state index in [0.717, 1.165) is 23.1 Å². The zero-order valence-corrected chi connectivity index (χ0v) is 17.2. The molecule has 7 nitrogen and oxygen atoms in total. The minimum absolute atomic E-state index is 0.424. The smallest absolute Gasteiger partial charge is 0.247 e. The molecule has 28 heavy (non-hydrogen) atoms. The highest BCUT2D eigenvalue weighted by molar-refractivity contribution is 7.88. The van der Waals surface area contributed by atoms with Gasteiger partial charge in [0.1, 0.15) is 17.2 Å². The molecule has 0 bridgehead atoms. The van der Waals surface area contributed by atoms with Crippen molar-refractivity contribution in [2.45, 2.75) is 19.4 Å². The van der Waals surface area contributed by atoms with Gasteiger partial charge in [0.05, 0.1) is 38.8 Å². The summed E-state index contributed by atoms with van der Waals surface area (Å²) >= 11 is 0. The monoisotopic (exact) mass is 404 g/mol. The normalized spacial score (nSPS) is 16.6. The van der Waals surface area contributed by atoms with E-state index in [-0.39, 0.29) is 0 Å². The molecule has 1 aliphatic rings. The lowest BCUT2D eigenvalue weighted by Crippen LogP contribution is -2.25. The number of hydrogen-bond donors (Lipinski definition) is 0. The molecule has 0 N–H and O–H groups in total. The topological polar surface area (TPSA) is 77.4 Å². The molecule has 0 radical (unpaired) electrons. The summed E-state index contributed by atoms with van der Waals surface area (Å²) in [5.41, 5.74) is 2.23. The van der Waals surface area contributed by atoms with E-state index in [0.29, 0.717) is 30.2 Å². The van der Waals surface area contributed by atoms with Gasteiger partial charge in [0, 0.05) is 18.1 Å². The number of hydrogen-bond acceptors (Lipinski definition) is 6. The van der Waals surface area contributed by atoms with Gasteiger partial charge in [-0.1, -0.05) is 12.1 Å². The molecule has 0 amide bonds. The number of nitrogens with zero attached hydrogens (tertiary/aromatic N) is 2. The number of sulfonamides is 1. The molecule has 0 fully saturated rings. The van der Waals surface area contributed by atoms with Gasteiger partial charge in [-0.3, -0.25) is 0 Å². The maximum Gasteiger partial charge on any atom is 0.247 e. The van der Waals surface area contributed by atoms with Gasteiger partial charge >= 0.3 is 0 Å². The Hall–Kier alpha value is -2.74. The predicted octanol–water partition coefficient (Wildman–Crippen LogP) is 3.21. The highest BCUT2D eigenvalue weighted by Crippen LogP contribution is 2.37. The molecule has 2 aromatic rings. The quantitative estimate of drug-likeness (QED) is 0.708. The fourth-order valence-electron chi connectivity index (χ4n) is 3.20. The Morgan fingerprint density at radius 1 is 1.07 bits per heavy atom. The van der Waals surface area contributed by atoms with E-state index < -0.39 is 16.1 Å². The van der Waals surface area contributed by atoms with E-state index in [1.54, 1.807) is 26.4 Å². The highest BCUT2D eigenvalue weighted by Gasteiger charge is 2.35. The molecular weight excluding hydrogens is 380 g/mol. The number of ether oxygens (including phenoxy) is 3. The molecule has 0 aromatic heterocycles. The first-order valence-electron chi connectivity index (χ1n) is 8.89. The summed E-state index contributed by atoms with van der Waals surface area (Å²) in [6, 6.07) is 12.4. The minimum Gasteiger partial charge on any atom is -0.497 e. The van der Waals surface area contributed by atoms with E-state index in [1.165, 1.54) is 4.41 Å². The summed E-state index contributed by atoms with van der Waals surface area (Å²) in [5.74, 6) is 1.98. The Bertz CT molecular complexity index is 971. The maximum atomic E-state index is 12.4. The van der Waals surface area contributed by atoms with E-state index in [9.17, 15) is 8.42 Å². The van der Waals surface area contributed by atoms with Gasteiger partial charge in [0.15, 0.2) is 0 Å². The average molecular weight is 404 g/mol. The first-order chi connectivity index (χ1) is 13.4. The number of benzene rings is 2. The Balaban J connectivity index is 1.98. The molecule has 1 aliphatic heterocycles. The van der Waals surface area contributed by atoms with Crippen LogP contribution in [0.4, 0.5) is 0 Å². The fourth-order valence-corrected chi connectivity index (χ4v) is 4.10. The van der Waals surface area contributed by atoms with Gasteiger partial charge in [0.25, 0.3) is 0 Å². The molecule has 3 rings (SSSR count). The Morgan fingerprint density at radius 2 is 1.75 bits per heavy atom. The van der Waals surface area contributed by atoms with Crippen LogP contribution in [-0.2, 0) is 10.0 Å². The van der Waals surface area contributed by atoms with Crippen molar-refractivity contribution in [3.05, 3.63) is 53.6 Å². The third kappa shape index (κ3) is 4.06. The summed E-state index contributed by atoms with van der Waals surface area (Å²) in [4.78, 5) is 0. The second kappa shape index (κ2) is 8.10. The van der Waals surface area contributed by atoms with Crippen molar-refractivity contribution in [1.82, 2.24) is 4.41 Å². The van der Waals surface area contributed by atoms with Gasteiger partial charge in [-0.15, -0.1) is 0 Å². The van der Waals surface area contributed by atoms with E-state index >= 15 is 0 Å². The maximum absolute atomic E-state index is 12.4. The number of rotatable bonds is 7. The molecule has 0 aliphatic carbocycles. The zero-order chi connectivity index (χ0) is 20.3.